The molecule has 0 fully saturated rings. The number of amides is 1. The van der Waals surface area contributed by atoms with E-state index in [4.69, 9.17) is 0 Å². The van der Waals surface area contributed by atoms with Crippen LogP contribution >= 0.6 is 27.3 Å². The molecule has 1 amide bonds. The SMILES string of the molecule is Cc1ncc(C(=O)Nc2ccc(Br)nc2)s1. The number of hydrogen-bond acceptors (Lipinski definition) is 4. The van der Waals surface area contributed by atoms with Crippen molar-refractivity contribution in [2.75, 3.05) is 5.32 Å². The van der Waals surface area contributed by atoms with Gasteiger partial charge in [-0.25, -0.2) is 9.97 Å². The van der Waals surface area contributed by atoms with Crippen LogP contribution in [0.25, 0.3) is 0 Å². The average Bonchev–Trinajstić information content (AvgIpc) is 2.68. The van der Waals surface area contributed by atoms with E-state index in [0.717, 1.165) is 9.61 Å². The van der Waals surface area contributed by atoms with Crippen LogP contribution in [0.1, 0.15) is 14.7 Å². The Bertz CT molecular complexity index is 509. The predicted molar refractivity (Wildman–Crippen MR) is 66.7 cm³/mol. The van der Waals surface area contributed by atoms with E-state index in [1.54, 1.807) is 24.5 Å². The zero-order valence-corrected chi connectivity index (χ0v) is 10.8. The number of nitrogens with one attached hydrogen (secondary N) is 1. The number of anilines is 1. The second-order valence-corrected chi connectivity index (χ2v) is 5.11. The molecule has 2 rings (SSSR count). The van der Waals surface area contributed by atoms with E-state index in [2.05, 4.69) is 31.2 Å². The Kier molecular flexibility index (Phi) is 3.31. The number of rotatable bonds is 2. The molecule has 2 aromatic heterocycles. The second kappa shape index (κ2) is 4.71. The molecule has 0 aliphatic heterocycles. The molecule has 0 saturated carbocycles. The lowest BCUT2D eigenvalue weighted by atomic mass is 10.4. The Morgan fingerprint density at radius 1 is 1.38 bits per heavy atom. The molecular weight excluding hydrogens is 290 g/mol. The third-order valence-electron chi connectivity index (χ3n) is 1.83. The predicted octanol–water partition coefficient (Wildman–Crippen LogP) is 2.86. The first kappa shape index (κ1) is 11.2. The van der Waals surface area contributed by atoms with Gasteiger partial charge in [0.15, 0.2) is 0 Å². The number of aromatic nitrogens is 2. The van der Waals surface area contributed by atoms with E-state index in [1.807, 2.05) is 6.92 Å². The van der Waals surface area contributed by atoms with Crippen LogP contribution in [0, 0.1) is 6.92 Å². The highest BCUT2D eigenvalue weighted by Gasteiger charge is 2.09. The lowest BCUT2D eigenvalue weighted by molar-refractivity contribution is 0.103. The smallest absolute Gasteiger partial charge is 0.267 e. The van der Waals surface area contributed by atoms with Gasteiger partial charge in [-0.1, -0.05) is 0 Å². The van der Waals surface area contributed by atoms with Crippen LogP contribution in [-0.2, 0) is 0 Å². The van der Waals surface area contributed by atoms with Crippen LogP contribution in [0.5, 0.6) is 0 Å². The van der Waals surface area contributed by atoms with Gasteiger partial charge in [0.2, 0.25) is 0 Å². The van der Waals surface area contributed by atoms with Gasteiger partial charge in [-0.15, -0.1) is 11.3 Å². The first-order valence-corrected chi connectivity index (χ1v) is 6.11. The number of carbonyl (C=O) groups excluding carboxylic acids is 1. The summed E-state index contributed by atoms with van der Waals surface area (Å²) in [6.07, 6.45) is 3.16. The normalized spacial score (nSPS) is 10.1. The third kappa shape index (κ3) is 2.65. The average molecular weight is 298 g/mol. The highest BCUT2D eigenvalue weighted by molar-refractivity contribution is 9.10. The largest absolute Gasteiger partial charge is 0.320 e. The fourth-order valence-corrected chi connectivity index (χ4v) is 2.02. The molecular formula is C10H8BrN3OS. The molecule has 0 bridgehead atoms. The summed E-state index contributed by atoms with van der Waals surface area (Å²) in [5, 5.41) is 3.62. The fourth-order valence-electron chi connectivity index (χ4n) is 1.11. The summed E-state index contributed by atoms with van der Waals surface area (Å²) in [6.45, 7) is 1.86. The maximum absolute atomic E-state index is 11.7. The van der Waals surface area contributed by atoms with E-state index in [-0.39, 0.29) is 5.91 Å². The van der Waals surface area contributed by atoms with Crippen molar-refractivity contribution >= 4 is 38.9 Å². The van der Waals surface area contributed by atoms with Crippen LogP contribution in [0.4, 0.5) is 5.69 Å². The molecule has 82 valence electrons. The molecule has 0 spiro atoms. The third-order valence-corrected chi connectivity index (χ3v) is 3.21. The van der Waals surface area contributed by atoms with Gasteiger partial charge < -0.3 is 5.32 Å². The quantitative estimate of drug-likeness (QED) is 0.867. The first-order chi connectivity index (χ1) is 7.65. The van der Waals surface area contributed by atoms with Gasteiger partial charge in [0.05, 0.1) is 23.1 Å². The van der Waals surface area contributed by atoms with Crippen molar-refractivity contribution in [3.8, 4) is 0 Å². The van der Waals surface area contributed by atoms with Gasteiger partial charge in [0.1, 0.15) is 9.48 Å². The lowest BCUT2D eigenvalue weighted by Gasteiger charge is -2.01. The van der Waals surface area contributed by atoms with Gasteiger partial charge in [0.25, 0.3) is 5.91 Å². The molecule has 0 unspecified atom stereocenters. The summed E-state index contributed by atoms with van der Waals surface area (Å²) in [5.41, 5.74) is 0.666. The second-order valence-electron chi connectivity index (χ2n) is 3.07. The molecule has 2 heterocycles. The van der Waals surface area contributed by atoms with E-state index in [0.29, 0.717) is 10.6 Å². The van der Waals surface area contributed by atoms with E-state index < -0.39 is 0 Å². The minimum atomic E-state index is -0.158. The standard InChI is InChI=1S/C10H8BrN3OS/c1-6-12-5-8(16-6)10(15)14-7-2-3-9(11)13-4-7/h2-5H,1H3,(H,14,15). The zero-order chi connectivity index (χ0) is 11.5. The highest BCUT2D eigenvalue weighted by Crippen LogP contribution is 2.15. The topological polar surface area (TPSA) is 54.9 Å². The van der Waals surface area contributed by atoms with Crippen molar-refractivity contribution in [2.24, 2.45) is 0 Å². The molecule has 6 heteroatoms. The fraction of sp³-hybridized carbons (Fsp3) is 0.100. The maximum atomic E-state index is 11.7. The van der Waals surface area contributed by atoms with Crippen LogP contribution in [-0.4, -0.2) is 15.9 Å². The Morgan fingerprint density at radius 2 is 2.19 bits per heavy atom. The summed E-state index contributed by atoms with van der Waals surface area (Å²) >= 11 is 4.59. The number of carbonyl (C=O) groups is 1. The number of pyridine rings is 1. The Morgan fingerprint density at radius 3 is 2.75 bits per heavy atom. The van der Waals surface area contributed by atoms with Gasteiger partial charge in [-0.05, 0) is 35.0 Å². The van der Waals surface area contributed by atoms with Gasteiger partial charge in [-0.3, -0.25) is 4.79 Å². The Labute approximate surface area is 105 Å². The van der Waals surface area contributed by atoms with Crippen molar-refractivity contribution in [1.29, 1.82) is 0 Å². The number of aryl methyl sites for hydroxylation is 1. The highest BCUT2D eigenvalue weighted by atomic mass is 79.9. The van der Waals surface area contributed by atoms with Gasteiger partial charge >= 0.3 is 0 Å². The van der Waals surface area contributed by atoms with E-state index >= 15 is 0 Å². The molecule has 2 aromatic rings. The number of hydrogen-bond donors (Lipinski definition) is 1. The van der Waals surface area contributed by atoms with Crippen molar-refractivity contribution in [1.82, 2.24) is 9.97 Å². The summed E-state index contributed by atoms with van der Waals surface area (Å²) < 4.78 is 0.735. The molecule has 0 aliphatic rings. The van der Waals surface area contributed by atoms with Crippen LogP contribution in [0.2, 0.25) is 0 Å². The molecule has 0 saturated heterocycles. The van der Waals surface area contributed by atoms with Crippen LogP contribution in [0.15, 0.2) is 29.1 Å². The summed E-state index contributed by atoms with van der Waals surface area (Å²) in [7, 11) is 0. The van der Waals surface area contributed by atoms with Crippen molar-refractivity contribution in [2.45, 2.75) is 6.92 Å². The molecule has 0 atom stereocenters. The van der Waals surface area contributed by atoms with Crippen LogP contribution in [0.3, 0.4) is 0 Å². The maximum Gasteiger partial charge on any atom is 0.267 e. The minimum absolute atomic E-state index is 0.158. The number of nitrogens with zero attached hydrogens (tertiary/aromatic N) is 2. The van der Waals surface area contributed by atoms with Gasteiger partial charge in [0, 0.05) is 0 Å². The van der Waals surface area contributed by atoms with Crippen molar-refractivity contribution < 1.29 is 4.79 Å². The first-order valence-electron chi connectivity index (χ1n) is 4.50. The molecule has 0 aromatic carbocycles. The minimum Gasteiger partial charge on any atom is -0.320 e. The monoisotopic (exact) mass is 297 g/mol. The lowest BCUT2D eigenvalue weighted by Crippen LogP contribution is -2.10. The molecule has 0 aliphatic carbocycles. The van der Waals surface area contributed by atoms with E-state index in [9.17, 15) is 4.79 Å². The molecule has 1 N–H and O–H groups in total. The Balaban J connectivity index is 2.10. The molecule has 4 nitrogen and oxygen atoms in total. The Hall–Kier alpha value is -1.27. The summed E-state index contributed by atoms with van der Waals surface area (Å²) in [6, 6.07) is 3.55. The number of halogens is 1. The van der Waals surface area contributed by atoms with Crippen molar-refractivity contribution in [3.63, 3.8) is 0 Å². The van der Waals surface area contributed by atoms with Crippen LogP contribution < -0.4 is 5.32 Å². The summed E-state index contributed by atoms with van der Waals surface area (Å²) in [4.78, 5) is 20.4. The summed E-state index contributed by atoms with van der Waals surface area (Å²) in [5.74, 6) is -0.158. The van der Waals surface area contributed by atoms with Crippen molar-refractivity contribution in [3.05, 3.63) is 39.0 Å². The van der Waals surface area contributed by atoms with E-state index in [1.165, 1.54) is 11.3 Å². The zero-order valence-electron chi connectivity index (χ0n) is 8.40. The molecule has 0 radical (unpaired) electrons. The molecule has 16 heavy (non-hydrogen) atoms. The van der Waals surface area contributed by atoms with Gasteiger partial charge in [-0.2, -0.15) is 0 Å². The number of thiazole rings is 1.